The summed E-state index contributed by atoms with van der Waals surface area (Å²) in [5, 5.41) is 2.77. The van der Waals surface area contributed by atoms with Crippen molar-refractivity contribution in [2.75, 3.05) is 13.2 Å². The largest absolute Gasteiger partial charge is 0.375 e. The van der Waals surface area contributed by atoms with Crippen LogP contribution in [-0.4, -0.2) is 22.7 Å². The first-order valence-corrected chi connectivity index (χ1v) is 6.48. The number of rotatable bonds is 7. The van der Waals surface area contributed by atoms with Gasteiger partial charge in [0.2, 0.25) is 0 Å². The number of carbonyl (C=O) groups is 1. The van der Waals surface area contributed by atoms with E-state index in [0.717, 1.165) is 19.4 Å². The molecule has 3 nitrogen and oxygen atoms in total. The highest BCUT2D eigenvalue weighted by Gasteiger charge is 2.17. The van der Waals surface area contributed by atoms with Gasteiger partial charge in [0.05, 0.1) is 5.60 Å². The number of halogens is 1. The zero-order valence-electron chi connectivity index (χ0n) is 10.1. The van der Waals surface area contributed by atoms with Crippen molar-refractivity contribution in [3.8, 4) is 0 Å². The quantitative estimate of drug-likeness (QED) is 0.442. The lowest BCUT2D eigenvalue weighted by molar-refractivity contribution is -0.0266. The smallest absolute Gasteiger partial charge is 0.280 e. The van der Waals surface area contributed by atoms with Crippen molar-refractivity contribution in [2.24, 2.45) is 5.92 Å². The highest BCUT2D eigenvalue weighted by Crippen LogP contribution is 2.15. The van der Waals surface area contributed by atoms with Crippen LogP contribution in [0, 0.1) is 5.92 Å². The normalized spacial score (nSPS) is 11.9. The van der Waals surface area contributed by atoms with Crippen LogP contribution < -0.4 is 5.32 Å². The number of ether oxygens (including phenoxy) is 1. The predicted octanol–water partition coefficient (Wildman–Crippen LogP) is 3.36. The lowest BCUT2D eigenvalue weighted by Gasteiger charge is -2.25. The molecule has 1 N–H and O–H groups in total. The van der Waals surface area contributed by atoms with Crippen molar-refractivity contribution < 1.29 is 9.53 Å². The SMILES string of the molecule is CC(C)CCOC(C)(C)CCNC(=O)I. The summed E-state index contributed by atoms with van der Waals surface area (Å²) < 4.78 is 5.76. The first-order chi connectivity index (χ1) is 6.83. The minimum atomic E-state index is -0.145. The molecule has 0 aromatic carbocycles. The summed E-state index contributed by atoms with van der Waals surface area (Å²) in [6, 6.07) is 0. The molecule has 0 spiro atoms. The Morgan fingerprint density at radius 1 is 1.47 bits per heavy atom. The van der Waals surface area contributed by atoms with Gasteiger partial charge in [0.15, 0.2) is 0 Å². The molecule has 0 aliphatic heterocycles. The molecule has 0 heterocycles. The number of hydrogen-bond acceptors (Lipinski definition) is 2. The summed E-state index contributed by atoms with van der Waals surface area (Å²) in [5.74, 6) is 0.676. The Labute approximate surface area is 106 Å². The fraction of sp³-hybridized carbons (Fsp3) is 0.909. The first-order valence-electron chi connectivity index (χ1n) is 5.41. The molecule has 0 aliphatic rings. The zero-order chi connectivity index (χ0) is 11.9. The van der Waals surface area contributed by atoms with E-state index >= 15 is 0 Å². The number of carbonyl (C=O) groups excluding carboxylic acids is 1. The second-order valence-electron chi connectivity index (χ2n) is 4.74. The number of nitrogens with one attached hydrogen (secondary N) is 1. The first kappa shape index (κ1) is 15.2. The molecule has 0 atom stereocenters. The fourth-order valence-corrected chi connectivity index (χ4v) is 1.37. The summed E-state index contributed by atoms with van der Waals surface area (Å²) in [4.78, 5) is 10.7. The van der Waals surface area contributed by atoms with Gasteiger partial charge in [-0.3, -0.25) is 4.79 Å². The standard InChI is InChI=1S/C11H22INO2/c1-9(2)5-8-15-11(3,4)6-7-13-10(12)14/h9H,5-8H2,1-4H3,(H,13,14). The molecule has 0 radical (unpaired) electrons. The van der Waals surface area contributed by atoms with Crippen molar-refractivity contribution in [1.82, 2.24) is 5.32 Å². The van der Waals surface area contributed by atoms with E-state index in [-0.39, 0.29) is 9.51 Å². The third-order valence-electron chi connectivity index (χ3n) is 2.18. The molecule has 1 amide bonds. The van der Waals surface area contributed by atoms with Gasteiger partial charge in [-0.15, -0.1) is 0 Å². The van der Waals surface area contributed by atoms with E-state index in [0.29, 0.717) is 12.5 Å². The summed E-state index contributed by atoms with van der Waals surface area (Å²) in [7, 11) is 0. The van der Waals surface area contributed by atoms with Gasteiger partial charge >= 0.3 is 0 Å². The van der Waals surface area contributed by atoms with Crippen molar-refractivity contribution in [1.29, 1.82) is 0 Å². The van der Waals surface area contributed by atoms with Crippen LogP contribution in [0.3, 0.4) is 0 Å². The van der Waals surface area contributed by atoms with Crippen LogP contribution in [0.25, 0.3) is 0 Å². The van der Waals surface area contributed by atoms with Crippen LogP contribution in [0.5, 0.6) is 0 Å². The van der Waals surface area contributed by atoms with Crippen molar-refractivity contribution in [2.45, 2.75) is 46.1 Å². The molecule has 0 saturated carbocycles. The Kier molecular flexibility index (Phi) is 7.52. The van der Waals surface area contributed by atoms with Crippen LogP contribution in [0.15, 0.2) is 0 Å². The molecule has 0 bridgehead atoms. The summed E-state index contributed by atoms with van der Waals surface area (Å²) in [6.45, 7) is 9.97. The van der Waals surface area contributed by atoms with Gasteiger partial charge in [0.25, 0.3) is 3.91 Å². The fourth-order valence-electron chi connectivity index (χ4n) is 1.10. The highest BCUT2D eigenvalue weighted by molar-refractivity contribution is 14.1. The van der Waals surface area contributed by atoms with Crippen molar-refractivity contribution >= 4 is 26.5 Å². The lowest BCUT2D eigenvalue weighted by Crippen LogP contribution is -2.31. The second-order valence-corrected chi connectivity index (χ2v) is 5.72. The monoisotopic (exact) mass is 327 g/mol. The van der Waals surface area contributed by atoms with E-state index in [1.807, 2.05) is 0 Å². The van der Waals surface area contributed by atoms with Gasteiger partial charge in [-0.1, -0.05) is 13.8 Å². The van der Waals surface area contributed by atoms with Crippen LogP contribution in [-0.2, 0) is 4.74 Å². The predicted molar refractivity (Wildman–Crippen MR) is 71.5 cm³/mol. The second kappa shape index (κ2) is 7.44. The van der Waals surface area contributed by atoms with E-state index in [1.54, 1.807) is 22.6 Å². The van der Waals surface area contributed by atoms with E-state index in [1.165, 1.54) is 0 Å². The highest BCUT2D eigenvalue weighted by atomic mass is 127. The molecule has 0 rings (SSSR count). The van der Waals surface area contributed by atoms with Crippen LogP contribution in [0.1, 0.15) is 40.5 Å². The molecular weight excluding hydrogens is 305 g/mol. The minimum absolute atomic E-state index is 0.00872. The zero-order valence-corrected chi connectivity index (χ0v) is 12.3. The summed E-state index contributed by atoms with van der Waals surface area (Å²) in [5.41, 5.74) is -0.145. The Balaban J connectivity index is 3.62. The number of amides is 1. The van der Waals surface area contributed by atoms with Crippen molar-refractivity contribution in [3.05, 3.63) is 0 Å². The minimum Gasteiger partial charge on any atom is -0.375 e. The Morgan fingerprint density at radius 2 is 2.07 bits per heavy atom. The third kappa shape index (κ3) is 10.4. The molecule has 0 unspecified atom stereocenters. The maximum absolute atomic E-state index is 10.7. The maximum Gasteiger partial charge on any atom is 0.280 e. The molecule has 15 heavy (non-hydrogen) atoms. The van der Waals surface area contributed by atoms with Crippen LogP contribution in [0.4, 0.5) is 4.79 Å². The van der Waals surface area contributed by atoms with Gasteiger partial charge < -0.3 is 10.1 Å². The Morgan fingerprint density at radius 3 is 2.53 bits per heavy atom. The van der Waals surface area contributed by atoms with Crippen LogP contribution in [0.2, 0.25) is 0 Å². The van der Waals surface area contributed by atoms with Gasteiger partial charge in [0.1, 0.15) is 0 Å². The van der Waals surface area contributed by atoms with Crippen molar-refractivity contribution in [3.63, 3.8) is 0 Å². The molecule has 90 valence electrons. The maximum atomic E-state index is 10.7. The molecule has 0 saturated heterocycles. The molecule has 0 aliphatic carbocycles. The van der Waals surface area contributed by atoms with E-state index < -0.39 is 0 Å². The lowest BCUT2D eigenvalue weighted by atomic mass is 10.1. The average molecular weight is 327 g/mol. The molecule has 0 aromatic rings. The van der Waals surface area contributed by atoms with Gasteiger partial charge in [-0.2, -0.15) is 0 Å². The van der Waals surface area contributed by atoms with Gasteiger partial charge in [-0.05, 0) is 32.6 Å². The van der Waals surface area contributed by atoms with Gasteiger partial charge in [-0.25, -0.2) is 0 Å². The number of hydrogen-bond donors (Lipinski definition) is 1. The van der Waals surface area contributed by atoms with Gasteiger partial charge in [0, 0.05) is 35.7 Å². The van der Waals surface area contributed by atoms with E-state index in [2.05, 4.69) is 33.0 Å². The molecule has 0 fully saturated rings. The molecule has 4 heteroatoms. The topological polar surface area (TPSA) is 38.3 Å². The third-order valence-corrected chi connectivity index (χ3v) is 2.56. The average Bonchev–Trinajstić information content (AvgIpc) is 2.01. The molecule has 0 aromatic heterocycles. The summed E-state index contributed by atoms with van der Waals surface area (Å²) >= 11 is 1.74. The van der Waals surface area contributed by atoms with E-state index in [9.17, 15) is 4.79 Å². The van der Waals surface area contributed by atoms with Crippen LogP contribution >= 0.6 is 22.6 Å². The summed E-state index contributed by atoms with van der Waals surface area (Å²) in [6.07, 6.45) is 1.93. The molecular formula is C11H22INO2. The van der Waals surface area contributed by atoms with E-state index in [4.69, 9.17) is 4.74 Å². The Bertz CT molecular complexity index is 193. The Hall–Kier alpha value is 0.160.